The van der Waals surface area contributed by atoms with Crippen molar-refractivity contribution in [2.45, 2.75) is 53.4 Å². The summed E-state index contributed by atoms with van der Waals surface area (Å²) in [5.74, 6) is 0.0661. The van der Waals surface area contributed by atoms with Gasteiger partial charge in [0.1, 0.15) is 5.82 Å². The zero-order valence-electron chi connectivity index (χ0n) is 20.5. The highest BCUT2D eigenvalue weighted by molar-refractivity contribution is 6.42. The van der Waals surface area contributed by atoms with Crippen LogP contribution < -0.4 is 5.32 Å². The Morgan fingerprint density at radius 3 is 2.30 bits per heavy atom. The van der Waals surface area contributed by atoms with Crippen LogP contribution in [0, 0.1) is 5.41 Å². The van der Waals surface area contributed by atoms with E-state index in [1.807, 2.05) is 47.6 Å². The largest absolute Gasteiger partial charge is 0.383 e. The monoisotopic (exact) mass is 496 g/mol. The SMILES string of the molecule is COCCN(CC(=O)Nc1cc(C(C)(C)C)nn1-c1ccc(Cl)c(Cl)c1)C(=O)CC(C)(C)C. The number of hydrogen-bond acceptors (Lipinski definition) is 4. The average Bonchev–Trinajstić information content (AvgIpc) is 3.10. The summed E-state index contributed by atoms with van der Waals surface area (Å²) in [6.45, 7) is 12.7. The Bertz CT molecular complexity index is 991. The molecule has 1 heterocycles. The number of amides is 2. The van der Waals surface area contributed by atoms with Gasteiger partial charge in [0.25, 0.3) is 0 Å². The van der Waals surface area contributed by atoms with Crippen LogP contribution >= 0.6 is 23.2 Å². The minimum absolute atomic E-state index is 0.0876. The molecule has 0 radical (unpaired) electrons. The zero-order chi connectivity index (χ0) is 25.0. The van der Waals surface area contributed by atoms with Crippen molar-refractivity contribution >= 4 is 40.8 Å². The lowest BCUT2D eigenvalue weighted by atomic mass is 9.91. The lowest BCUT2D eigenvalue weighted by molar-refractivity contribution is -0.136. The van der Waals surface area contributed by atoms with E-state index in [0.29, 0.717) is 41.1 Å². The highest BCUT2D eigenvalue weighted by Crippen LogP contribution is 2.29. The summed E-state index contributed by atoms with van der Waals surface area (Å²) in [6.07, 6.45) is 0.333. The number of rotatable bonds is 8. The molecule has 1 aromatic carbocycles. The normalized spacial score (nSPS) is 12.0. The van der Waals surface area contributed by atoms with Crippen LogP contribution in [0.5, 0.6) is 0 Å². The van der Waals surface area contributed by atoms with Crippen LogP contribution in [0.3, 0.4) is 0 Å². The molecule has 182 valence electrons. The topological polar surface area (TPSA) is 76.5 Å². The van der Waals surface area contributed by atoms with E-state index in [1.165, 1.54) is 4.90 Å². The quantitative estimate of drug-likeness (QED) is 0.535. The summed E-state index contributed by atoms with van der Waals surface area (Å²) >= 11 is 12.3. The third-order valence-corrected chi connectivity index (χ3v) is 5.57. The van der Waals surface area contributed by atoms with Gasteiger partial charge >= 0.3 is 0 Å². The molecule has 9 heteroatoms. The second-order valence-electron chi connectivity index (χ2n) is 10.3. The van der Waals surface area contributed by atoms with Gasteiger partial charge in [0.05, 0.1) is 34.6 Å². The van der Waals surface area contributed by atoms with E-state index in [1.54, 1.807) is 30.0 Å². The van der Waals surface area contributed by atoms with Crippen LogP contribution in [-0.2, 0) is 19.7 Å². The summed E-state index contributed by atoms with van der Waals surface area (Å²) < 4.78 is 6.75. The molecule has 1 N–H and O–H groups in total. The number of carbonyl (C=O) groups is 2. The van der Waals surface area contributed by atoms with Gasteiger partial charge in [-0.1, -0.05) is 64.7 Å². The molecule has 7 nitrogen and oxygen atoms in total. The van der Waals surface area contributed by atoms with Crippen molar-refractivity contribution in [1.82, 2.24) is 14.7 Å². The number of nitrogens with zero attached hydrogens (tertiary/aromatic N) is 3. The predicted molar refractivity (Wildman–Crippen MR) is 133 cm³/mol. The lowest BCUT2D eigenvalue weighted by Gasteiger charge is -2.26. The molecule has 1 aromatic heterocycles. The highest BCUT2D eigenvalue weighted by Gasteiger charge is 2.25. The molecule has 0 saturated heterocycles. The highest BCUT2D eigenvalue weighted by atomic mass is 35.5. The number of benzene rings is 1. The lowest BCUT2D eigenvalue weighted by Crippen LogP contribution is -2.41. The van der Waals surface area contributed by atoms with Gasteiger partial charge in [0, 0.05) is 31.6 Å². The van der Waals surface area contributed by atoms with Crippen LogP contribution in [0.15, 0.2) is 24.3 Å². The molecule has 0 saturated carbocycles. The first-order chi connectivity index (χ1) is 15.2. The van der Waals surface area contributed by atoms with Crippen LogP contribution in [0.4, 0.5) is 5.82 Å². The first kappa shape index (κ1) is 27.2. The molecular formula is C24H34Cl2N4O3. The molecular weight excluding hydrogens is 463 g/mol. The van der Waals surface area contributed by atoms with E-state index in [4.69, 9.17) is 27.9 Å². The third kappa shape index (κ3) is 8.02. The predicted octanol–water partition coefficient (Wildman–Crippen LogP) is 5.33. The number of halogens is 2. The molecule has 0 aliphatic heterocycles. The fraction of sp³-hybridized carbons (Fsp3) is 0.542. The van der Waals surface area contributed by atoms with Crippen LogP contribution in [0.2, 0.25) is 10.0 Å². The maximum atomic E-state index is 13.0. The number of ether oxygens (including phenoxy) is 1. The first-order valence-corrected chi connectivity index (χ1v) is 11.6. The van der Waals surface area contributed by atoms with Gasteiger partial charge in [0.2, 0.25) is 11.8 Å². The van der Waals surface area contributed by atoms with E-state index in [9.17, 15) is 9.59 Å². The van der Waals surface area contributed by atoms with Gasteiger partial charge in [0.15, 0.2) is 0 Å². The summed E-state index contributed by atoms with van der Waals surface area (Å²) in [5, 5.41) is 8.42. The summed E-state index contributed by atoms with van der Waals surface area (Å²) in [6, 6.07) is 6.98. The molecule has 0 fully saturated rings. The smallest absolute Gasteiger partial charge is 0.245 e. The van der Waals surface area contributed by atoms with Crippen LogP contribution in [-0.4, -0.2) is 53.3 Å². The minimum atomic E-state index is -0.324. The van der Waals surface area contributed by atoms with Crippen molar-refractivity contribution in [1.29, 1.82) is 0 Å². The Balaban J connectivity index is 2.31. The Hall–Kier alpha value is -2.09. The van der Waals surface area contributed by atoms with Crippen molar-refractivity contribution in [3.05, 3.63) is 40.0 Å². The van der Waals surface area contributed by atoms with Gasteiger partial charge < -0.3 is 15.0 Å². The molecule has 0 atom stereocenters. The number of carbonyl (C=O) groups excluding carboxylic acids is 2. The number of anilines is 1. The average molecular weight is 497 g/mol. The number of aromatic nitrogens is 2. The summed E-state index contributed by atoms with van der Waals surface area (Å²) in [4.78, 5) is 27.3. The molecule has 0 aliphatic carbocycles. The Morgan fingerprint density at radius 2 is 1.76 bits per heavy atom. The summed E-state index contributed by atoms with van der Waals surface area (Å²) in [5.41, 5.74) is 1.03. The van der Waals surface area contributed by atoms with E-state index in [0.717, 1.165) is 5.69 Å². The fourth-order valence-electron chi connectivity index (χ4n) is 3.06. The Morgan fingerprint density at radius 1 is 1.09 bits per heavy atom. The maximum Gasteiger partial charge on any atom is 0.245 e. The molecule has 2 amide bonds. The van der Waals surface area contributed by atoms with Crippen molar-refractivity contribution < 1.29 is 14.3 Å². The van der Waals surface area contributed by atoms with Crippen molar-refractivity contribution in [2.75, 3.05) is 32.1 Å². The first-order valence-electron chi connectivity index (χ1n) is 10.8. The third-order valence-electron chi connectivity index (χ3n) is 4.83. The number of methoxy groups -OCH3 is 1. The fourth-order valence-corrected chi connectivity index (χ4v) is 3.36. The maximum absolute atomic E-state index is 13.0. The molecule has 0 aliphatic rings. The zero-order valence-corrected chi connectivity index (χ0v) is 22.0. The van der Waals surface area contributed by atoms with Gasteiger partial charge in [-0.3, -0.25) is 9.59 Å². The van der Waals surface area contributed by atoms with Crippen molar-refractivity contribution in [2.24, 2.45) is 5.41 Å². The molecule has 2 aromatic rings. The van der Waals surface area contributed by atoms with E-state index < -0.39 is 0 Å². The van der Waals surface area contributed by atoms with E-state index >= 15 is 0 Å². The second kappa shape index (κ2) is 10.9. The van der Waals surface area contributed by atoms with E-state index in [2.05, 4.69) is 10.4 Å². The Labute approximate surface area is 206 Å². The second-order valence-corrected chi connectivity index (χ2v) is 11.1. The number of hydrogen-bond donors (Lipinski definition) is 1. The van der Waals surface area contributed by atoms with Crippen LogP contribution in [0.25, 0.3) is 5.69 Å². The molecule has 33 heavy (non-hydrogen) atoms. The van der Waals surface area contributed by atoms with Crippen molar-refractivity contribution in [3.63, 3.8) is 0 Å². The minimum Gasteiger partial charge on any atom is -0.383 e. The van der Waals surface area contributed by atoms with Gasteiger partial charge in [-0.05, 0) is 23.6 Å². The van der Waals surface area contributed by atoms with Crippen LogP contribution in [0.1, 0.15) is 53.7 Å². The molecule has 0 bridgehead atoms. The summed E-state index contributed by atoms with van der Waals surface area (Å²) in [7, 11) is 1.57. The van der Waals surface area contributed by atoms with Crippen molar-refractivity contribution in [3.8, 4) is 5.69 Å². The van der Waals surface area contributed by atoms with Gasteiger partial charge in [-0.15, -0.1) is 0 Å². The molecule has 0 spiro atoms. The molecule has 0 unspecified atom stereocenters. The molecule has 2 rings (SSSR count). The standard InChI is InChI=1S/C24H34Cl2N4O3/c1-23(2,3)14-22(32)29(10-11-33-7)15-21(31)27-20-13-19(24(4,5)6)28-30(20)16-8-9-17(25)18(26)12-16/h8-9,12-13H,10-11,14-15H2,1-7H3,(H,27,31). The Kier molecular flexibility index (Phi) is 8.96. The van der Waals surface area contributed by atoms with E-state index in [-0.39, 0.29) is 29.2 Å². The number of nitrogens with one attached hydrogen (secondary N) is 1. The van der Waals surface area contributed by atoms with Gasteiger partial charge in [-0.25, -0.2) is 4.68 Å². The van der Waals surface area contributed by atoms with Gasteiger partial charge in [-0.2, -0.15) is 5.10 Å².